The number of hydrogen-bond acceptors (Lipinski definition) is 5. The van der Waals surface area contributed by atoms with Crippen LogP contribution in [0.15, 0.2) is 48.9 Å². The minimum atomic E-state index is -0.872. The highest BCUT2D eigenvalue weighted by atomic mass is 19.2. The third-order valence-electron chi connectivity index (χ3n) is 5.75. The second-order valence-corrected chi connectivity index (χ2v) is 8.11. The van der Waals surface area contributed by atoms with E-state index in [0.717, 1.165) is 48.1 Å². The van der Waals surface area contributed by atoms with Crippen LogP contribution in [0, 0.1) is 18.6 Å². The molecular weight excluding hydrogens is 426 g/mol. The normalized spacial score (nSPS) is 13.6. The summed E-state index contributed by atoms with van der Waals surface area (Å²) < 4.78 is 36.7. The molecule has 0 amide bonds. The Labute approximate surface area is 190 Å². The molecule has 5 rings (SSSR count). The van der Waals surface area contributed by atoms with Crippen LogP contribution in [-0.2, 0) is 13.0 Å². The van der Waals surface area contributed by atoms with E-state index in [0.29, 0.717) is 30.4 Å². The summed E-state index contributed by atoms with van der Waals surface area (Å²) >= 11 is 0. The van der Waals surface area contributed by atoms with Crippen molar-refractivity contribution < 1.29 is 13.5 Å². The maximum Gasteiger partial charge on any atom is 0.228 e. The summed E-state index contributed by atoms with van der Waals surface area (Å²) in [5.74, 6) is 0.301. The number of methoxy groups -OCH3 is 1. The molecule has 7 nitrogen and oxygen atoms in total. The van der Waals surface area contributed by atoms with Crippen molar-refractivity contribution in [2.45, 2.75) is 32.7 Å². The smallest absolute Gasteiger partial charge is 0.228 e. The SMILES string of the molecule is COc1cc(Cc2nc3n(n2)CCCCN3c2ccc(F)c(F)c2)ccc1-n1cnc(C)c1. The first-order valence-electron chi connectivity index (χ1n) is 10.9. The summed E-state index contributed by atoms with van der Waals surface area (Å²) in [6, 6.07) is 9.91. The van der Waals surface area contributed by atoms with Crippen molar-refractivity contribution in [2.75, 3.05) is 18.6 Å². The Morgan fingerprint density at radius 3 is 2.64 bits per heavy atom. The largest absolute Gasteiger partial charge is 0.495 e. The van der Waals surface area contributed by atoms with Crippen LogP contribution >= 0.6 is 0 Å². The highest BCUT2D eigenvalue weighted by Crippen LogP contribution is 2.30. The van der Waals surface area contributed by atoms with Gasteiger partial charge >= 0.3 is 0 Å². The number of nitrogens with zero attached hydrogens (tertiary/aromatic N) is 6. The topological polar surface area (TPSA) is 61.0 Å². The molecule has 0 spiro atoms. The molecule has 0 saturated carbocycles. The van der Waals surface area contributed by atoms with Gasteiger partial charge in [-0.2, -0.15) is 10.1 Å². The second-order valence-electron chi connectivity index (χ2n) is 8.11. The van der Waals surface area contributed by atoms with Crippen molar-refractivity contribution >= 4 is 11.6 Å². The number of anilines is 2. The Kier molecular flexibility index (Phi) is 5.53. The first-order valence-corrected chi connectivity index (χ1v) is 10.9. The van der Waals surface area contributed by atoms with E-state index >= 15 is 0 Å². The molecule has 170 valence electrons. The van der Waals surface area contributed by atoms with Gasteiger partial charge in [0.25, 0.3) is 0 Å². The van der Waals surface area contributed by atoms with Crippen LogP contribution in [0.4, 0.5) is 20.4 Å². The van der Waals surface area contributed by atoms with Gasteiger partial charge < -0.3 is 14.2 Å². The molecule has 2 aromatic carbocycles. The molecule has 33 heavy (non-hydrogen) atoms. The van der Waals surface area contributed by atoms with Gasteiger partial charge in [0.1, 0.15) is 5.75 Å². The Bertz CT molecular complexity index is 1300. The van der Waals surface area contributed by atoms with Crippen LogP contribution in [0.5, 0.6) is 5.75 Å². The van der Waals surface area contributed by atoms with Gasteiger partial charge in [0, 0.05) is 37.5 Å². The van der Waals surface area contributed by atoms with Crippen LogP contribution < -0.4 is 9.64 Å². The number of rotatable bonds is 5. The molecule has 1 aliphatic heterocycles. The van der Waals surface area contributed by atoms with E-state index in [1.807, 2.05) is 45.5 Å². The average molecular weight is 450 g/mol. The molecule has 0 radical (unpaired) electrons. The highest BCUT2D eigenvalue weighted by molar-refractivity contribution is 5.58. The van der Waals surface area contributed by atoms with Crippen molar-refractivity contribution in [1.82, 2.24) is 24.3 Å². The number of aromatic nitrogens is 5. The Hall–Kier alpha value is -3.75. The Morgan fingerprint density at radius 2 is 1.88 bits per heavy atom. The Balaban J connectivity index is 1.44. The number of aryl methyl sites for hydroxylation is 2. The first-order chi connectivity index (χ1) is 16.0. The fraction of sp³-hybridized carbons (Fsp3) is 0.292. The van der Waals surface area contributed by atoms with Crippen LogP contribution in [0.3, 0.4) is 0 Å². The first kappa shape index (κ1) is 21.1. The minimum absolute atomic E-state index is 0.519. The van der Waals surface area contributed by atoms with E-state index in [4.69, 9.17) is 14.8 Å². The lowest BCUT2D eigenvalue weighted by Crippen LogP contribution is -2.20. The zero-order chi connectivity index (χ0) is 22.9. The van der Waals surface area contributed by atoms with Gasteiger partial charge in [-0.05, 0) is 49.6 Å². The van der Waals surface area contributed by atoms with Gasteiger partial charge in [0.2, 0.25) is 5.95 Å². The van der Waals surface area contributed by atoms with Crippen molar-refractivity contribution in [3.8, 4) is 11.4 Å². The summed E-state index contributed by atoms with van der Waals surface area (Å²) in [5, 5.41) is 4.70. The minimum Gasteiger partial charge on any atom is -0.495 e. The van der Waals surface area contributed by atoms with Crippen LogP contribution in [0.1, 0.15) is 29.9 Å². The molecule has 9 heteroatoms. The van der Waals surface area contributed by atoms with Crippen LogP contribution in [0.2, 0.25) is 0 Å². The standard InChI is InChI=1S/C24H24F2N6O/c1-16-14-30(15-27-16)21-8-5-17(11-22(21)33-2)12-23-28-24-31(9-3-4-10-32(24)29-23)18-6-7-19(25)20(26)13-18/h5-8,11,13-15H,3-4,9-10,12H2,1-2H3. The third-order valence-corrected chi connectivity index (χ3v) is 5.75. The molecule has 0 fully saturated rings. The molecule has 3 heterocycles. The van der Waals surface area contributed by atoms with Crippen molar-refractivity contribution in [3.63, 3.8) is 0 Å². The van der Waals surface area contributed by atoms with Gasteiger partial charge in [-0.3, -0.25) is 0 Å². The molecule has 1 aliphatic rings. The predicted molar refractivity (Wildman–Crippen MR) is 120 cm³/mol. The number of imidazole rings is 1. The maximum atomic E-state index is 13.9. The van der Waals surface area contributed by atoms with Crippen LogP contribution in [-0.4, -0.2) is 38.0 Å². The summed E-state index contributed by atoms with van der Waals surface area (Å²) in [6.07, 6.45) is 6.06. The van der Waals surface area contributed by atoms with Gasteiger partial charge in [-0.1, -0.05) is 6.07 Å². The summed E-state index contributed by atoms with van der Waals surface area (Å²) in [4.78, 5) is 10.9. The number of benzene rings is 2. The molecule has 0 bridgehead atoms. The molecule has 0 saturated heterocycles. The third kappa shape index (κ3) is 4.18. The van der Waals surface area contributed by atoms with Gasteiger partial charge in [-0.25, -0.2) is 18.4 Å². The molecular formula is C24H24F2N6O. The number of hydrogen-bond donors (Lipinski definition) is 0. The molecule has 0 N–H and O–H groups in total. The van der Waals surface area contributed by atoms with E-state index in [-0.39, 0.29) is 0 Å². The van der Waals surface area contributed by atoms with Crippen molar-refractivity contribution in [1.29, 1.82) is 0 Å². The number of fused-ring (bicyclic) bond motifs is 1. The lowest BCUT2D eigenvalue weighted by atomic mass is 10.1. The Morgan fingerprint density at radius 1 is 1.03 bits per heavy atom. The predicted octanol–water partition coefficient (Wildman–Crippen LogP) is 4.58. The lowest BCUT2D eigenvalue weighted by molar-refractivity contribution is 0.412. The van der Waals surface area contributed by atoms with Gasteiger partial charge in [0.05, 0.1) is 24.8 Å². The van der Waals surface area contributed by atoms with Crippen molar-refractivity contribution in [3.05, 3.63) is 77.6 Å². The van der Waals surface area contributed by atoms with Gasteiger partial charge in [-0.15, -0.1) is 0 Å². The monoisotopic (exact) mass is 450 g/mol. The lowest BCUT2D eigenvalue weighted by Gasteiger charge is -2.21. The molecule has 2 aromatic heterocycles. The van der Waals surface area contributed by atoms with Crippen LogP contribution in [0.25, 0.3) is 5.69 Å². The molecule has 0 atom stereocenters. The molecule has 4 aromatic rings. The van der Waals surface area contributed by atoms with E-state index < -0.39 is 11.6 Å². The van der Waals surface area contributed by atoms with E-state index in [1.54, 1.807) is 19.5 Å². The van der Waals surface area contributed by atoms with E-state index in [1.165, 1.54) is 6.07 Å². The second kappa shape index (κ2) is 8.65. The zero-order valence-corrected chi connectivity index (χ0v) is 18.5. The average Bonchev–Trinajstić information content (AvgIpc) is 3.36. The van der Waals surface area contributed by atoms with E-state index in [2.05, 4.69) is 4.98 Å². The highest BCUT2D eigenvalue weighted by Gasteiger charge is 2.22. The molecule has 0 aliphatic carbocycles. The fourth-order valence-corrected chi connectivity index (χ4v) is 4.11. The van der Waals surface area contributed by atoms with E-state index in [9.17, 15) is 8.78 Å². The summed E-state index contributed by atoms with van der Waals surface area (Å²) in [6.45, 7) is 3.33. The zero-order valence-electron chi connectivity index (χ0n) is 18.5. The quantitative estimate of drug-likeness (QED) is 0.445. The van der Waals surface area contributed by atoms with Gasteiger partial charge in [0.15, 0.2) is 17.5 Å². The number of ether oxygens (including phenoxy) is 1. The summed E-state index contributed by atoms with van der Waals surface area (Å²) in [5.41, 5.74) is 3.40. The molecule has 0 unspecified atom stereocenters. The summed E-state index contributed by atoms with van der Waals surface area (Å²) in [7, 11) is 1.64. The van der Waals surface area contributed by atoms with Crippen molar-refractivity contribution in [2.24, 2.45) is 0 Å². The fourth-order valence-electron chi connectivity index (χ4n) is 4.11. The number of halogens is 2. The maximum absolute atomic E-state index is 13.9.